The van der Waals surface area contributed by atoms with Crippen LogP contribution in [-0.4, -0.2) is 31.1 Å². The van der Waals surface area contributed by atoms with Crippen LogP contribution in [-0.2, 0) is 25.7 Å². The van der Waals surface area contributed by atoms with Crippen LogP contribution >= 0.6 is 0 Å². The van der Waals surface area contributed by atoms with E-state index in [0.717, 1.165) is 53.9 Å². The Bertz CT molecular complexity index is 3440. The Morgan fingerprint density at radius 3 is 1.16 bits per heavy atom. The van der Waals surface area contributed by atoms with E-state index in [-0.39, 0.29) is 0 Å². The van der Waals surface area contributed by atoms with Crippen LogP contribution in [0, 0.1) is 0 Å². The van der Waals surface area contributed by atoms with E-state index in [2.05, 4.69) is 238 Å². The fourth-order valence-electron chi connectivity index (χ4n) is 11.9. The number of nitrogens with zero attached hydrogens (tertiary/aromatic N) is 3. The molecule has 2 fully saturated rings. The zero-order valence-electron chi connectivity index (χ0n) is 42.8. The summed E-state index contributed by atoms with van der Waals surface area (Å²) in [4.78, 5) is 15.5. The van der Waals surface area contributed by atoms with Crippen molar-refractivity contribution in [3.05, 3.63) is 247 Å². The second-order valence-corrected chi connectivity index (χ2v) is 30.8. The number of aryl methyl sites for hydroxylation is 4. The van der Waals surface area contributed by atoms with Crippen LogP contribution in [0.4, 0.5) is 0 Å². The summed E-state index contributed by atoms with van der Waals surface area (Å²) >= 11 is 0. The quantitative estimate of drug-likeness (QED) is 0.0961. The third-order valence-corrected chi connectivity index (χ3v) is 25.9. The molecule has 2 saturated heterocycles. The fourth-order valence-corrected chi connectivity index (χ4v) is 18.7. The van der Waals surface area contributed by atoms with Crippen molar-refractivity contribution in [1.82, 2.24) is 15.0 Å². The molecule has 0 aliphatic carbocycles. The molecule has 7 aromatic carbocycles. The van der Waals surface area contributed by atoms with Crippen molar-refractivity contribution >= 4 is 26.5 Å². The third-order valence-electron chi connectivity index (χ3n) is 16.6. The number of hydrogen-bond acceptors (Lipinski definition) is 3. The first kappa shape index (κ1) is 47.4. The highest BCUT2D eigenvalue weighted by atomic mass is 28.3. The summed E-state index contributed by atoms with van der Waals surface area (Å²) in [7, 11) is -3.13. The molecule has 362 valence electrons. The van der Waals surface area contributed by atoms with Gasteiger partial charge in [0, 0.05) is 40.8 Å². The van der Waals surface area contributed by atoms with Gasteiger partial charge in [0.15, 0.2) is 0 Å². The molecule has 5 heterocycles. The molecule has 2 aliphatic heterocycles. The fraction of sp³-hybridized carbons (Fsp3) is 0.174. The van der Waals surface area contributed by atoms with Gasteiger partial charge >= 0.3 is 0 Å². The minimum absolute atomic E-state index is 0.947. The van der Waals surface area contributed by atoms with Crippen molar-refractivity contribution in [1.29, 1.82) is 0 Å². The Kier molecular flexibility index (Phi) is 13.3. The van der Waals surface area contributed by atoms with Crippen LogP contribution in [0.1, 0.15) is 35.1 Å². The first-order chi connectivity index (χ1) is 36.4. The maximum atomic E-state index is 5.20. The summed E-state index contributed by atoms with van der Waals surface area (Å²) < 4.78 is 0. The van der Waals surface area contributed by atoms with E-state index in [1.807, 2.05) is 0 Å². The van der Waals surface area contributed by atoms with E-state index >= 15 is 0 Å². The molecule has 0 atom stereocenters. The predicted octanol–water partition coefficient (Wildman–Crippen LogP) is 16.5. The smallest absolute Gasteiger partial charge is 0.0841 e. The lowest BCUT2D eigenvalue weighted by molar-refractivity contribution is 0.900. The van der Waals surface area contributed by atoms with Gasteiger partial charge in [0.2, 0.25) is 0 Å². The topological polar surface area (TPSA) is 38.7 Å². The molecule has 12 rings (SSSR count). The van der Waals surface area contributed by atoms with Gasteiger partial charge in [0.25, 0.3) is 0 Å². The van der Waals surface area contributed by atoms with Crippen molar-refractivity contribution in [2.45, 2.75) is 75.8 Å². The molecule has 0 spiro atoms. The van der Waals surface area contributed by atoms with E-state index in [4.69, 9.17) is 15.0 Å². The molecule has 0 saturated carbocycles. The van der Waals surface area contributed by atoms with E-state index in [0.29, 0.717) is 0 Å². The molecule has 0 unspecified atom stereocenters. The van der Waals surface area contributed by atoms with Crippen molar-refractivity contribution in [3.63, 3.8) is 0 Å². The molecule has 2 aliphatic rings. The molecular formula is C69H63N3Si2. The highest BCUT2D eigenvalue weighted by Crippen LogP contribution is 2.41. The molecule has 10 aromatic rings. The van der Waals surface area contributed by atoms with E-state index in [1.54, 1.807) is 10.4 Å². The van der Waals surface area contributed by atoms with E-state index in [1.165, 1.54) is 109 Å². The average Bonchev–Trinajstić information content (AvgIpc) is 3.46. The molecule has 0 radical (unpaired) electrons. The summed E-state index contributed by atoms with van der Waals surface area (Å²) in [6.45, 7) is 5.21. The maximum absolute atomic E-state index is 5.20. The van der Waals surface area contributed by atoms with E-state index in [9.17, 15) is 0 Å². The molecule has 3 aromatic heterocycles. The lowest BCUT2D eigenvalue weighted by atomic mass is 9.87. The minimum Gasteiger partial charge on any atom is -0.256 e. The number of benzene rings is 7. The molecule has 5 heteroatoms. The number of aromatic nitrogens is 3. The van der Waals surface area contributed by atoms with Crippen LogP contribution in [0.5, 0.6) is 0 Å². The maximum Gasteiger partial charge on any atom is 0.0841 e. The van der Waals surface area contributed by atoms with Gasteiger partial charge in [-0.2, -0.15) is 0 Å². The normalized spacial score (nSPS) is 14.5. The Hall–Kier alpha value is -7.58. The molecule has 74 heavy (non-hydrogen) atoms. The van der Waals surface area contributed by atoms with Crippen molar-refractivity contribution < 1.29 is 0 Å². The standard InChI is InChI=1S/C69H63N3Si2/c1-73(37-17-38-73)68-45-66(56-23-11-5-12-24-56)70-47-58(68)31-29-50-41-51(30-32-59-48-71-67(57-25-13-6-14-26-57)46-69(59)74(2)39-18-40-74)43-60(42-50)61-27-15-16-28-62(61)64-49-72-65(55-21-9-4-10-22-55)44-63(64)54-35-33-53(34-36-54)52-19-7-3-8-20-52/h3-16,19-28,33-36,41-49H,17-18,29-32,37-40H2,1-2H3. The zero-order chi connectivity index (χ0) is 49.9. The Morgan fingerprint density at radius 2 is 0.703 bits per heavy atom. The first-order valence-corrected chi connectivity index (χ1v) is 32.7. The van der Waals surface area contributed by atoms with Crippen LogP contribution in [0.25, 0.3) is 78.3 Å². The lowest BCUT2D eigenvalue weighted by Gasteiger charge is -2.38. The average molecular weight is 990 g/mol. The van der Waals surface area contributed by atoms with Gasteiger partial charge in [-0.3, -0.25) is 15.0 Å². The Morgan fingerprint density at radius 1 is 0.311 bits per heavy atom. The van der Waals surface area contributed by atoms with Gasteiger partial charge < -0.3 is 0 Å². The SMILES string of the molecule is C[Si]1(c2cc(-c3ccccc3)ncc2CCc2cc(CCc3cnc(-c4ccccc4)cc3[Si]3(C)CCC3)cc(-c3ccccc3-c3cnc(-c4ccccc4)cc3-c3ccc(-c4ccccc4)cc3)c2)CCC1. The molecule has 0 bridgehead atoms. The third kappa shape index (κ3) is 9.82. The highest BCUT2D eigenvalue weighted by Gasteiger charge is 2.39. The van der Waals surface area contributed by atoms with Gasteiger partial charge in [-0.1, -0.05) is 249 Å². The summed E-state index contributed by atoms with van der Waals surface area (Å²) in [5.74, 6) is 0. The number of rotatable bonds is 15. The molecule has 0 amide bonds. The molecule has 3 nitrogen and oxygen atoms in total. The number of pyridine rings is 3. The second-order valence-electron chi connectivity index (χ2n) is 21.5. The second kappa shape index (κ2) is 20.7. The van der Waals surface area contributed by atoms with E-state index < -0.39 is 16.1 Å². The van der Waals surface area contributed by atoms with Crippen LogP contribution in [0.3, 0.4) is 0 Å². The summed E-state index contributed by atoms with van der Waals surface area (Å²) in [6.07, 6.45) is 13.1. The monoisotopic (exact) mass is 989 g/mol. The number of hydrogen-bond donors (Lipinski definition) is 0. The van der Waals surface area contributed by atoms with Gasteiger partial charge in [-0.05, 0) is 105 Å². The van der Waals surface area contributed by atoms with Crippen LogP contribution < -0.4 is 10.4 Å². The van der Waals surface area contributed by atoms with Gasteiger partial charge in [-0.15, -0.1) is 0 Å². The van der Waals surface area contributed by atoms with Crippen molar-refractivity contribution in [2.24, 2.45) is 0 Å². The van der Waals surface area contributed by atoms with Gasteiger partial charge in [-0.25, -0.2) is 0 Å². The highest BCUT2D eigenvalue weighted by molar-refractivity contribution is 6.93. The predicted molar refractivity (Wildman–Crippen MR) is 317 cm³/mol. The van der Waals surface area contributed by atoms with Gasteiger partial charge in [0.1, 0.15) is 0 Å². The summed E-state index contributed by atoms with van der Waals surface area (Å²) in [5.41, 5.74) is 21.8. The lowest BCUT2D eigenvalue weighted by Crippen LogP contribution is -2.52. The molecule has 0 N–H and O–H groups in total. The Labute approximate surface area is 440 Å². The van der Waals surface area contributed by atoms with Crippen LogP contribution in [0.15, 0.2) is 225 Å². The first-order valence-electron chi connectivity index (χ1n) is 26.9. The van der Waals surface area contributed by atoms with Crippen molar-refractivity contribution in [2.75, 3.05) is 0 Å². The summed E-state index contributed by atoms with van der Waals surface area (Å²) in [5, 5.41) is 3.23. The van der Waals surface area contributed by atoms with Crippen molar-refractivity contribution in [3.8, 4) is 78.3 Å². The zero-order valence-corrected chi connectivity index (χ0v) is 44.8. The minimum atomic E-state index is -1.56. The largest absolute Gasteiger partial charge is 0.256 e. The van der Waals surface area contributed by atoms with Gasteiger partial charge in [0.05, 0.1) is 33.2 Å². The molecular weight excluding hydrogens is 927 g/mol. The summed E-state index contributed by atoms with van der Waals surface area (Å²) in [6, 6.07) is 81.0. The Balaban J connectivity index is 0.947. The van der Waals surface area contributed by atoms with Crippen LogP contribution in [0.2, 0.25) is 37.3 Å².